The van der Waals surface area contributed by atoms with E-state index < -0.39 is 0 Å². The minimum atomic E-state index is 0.625. The molecule has 1 aliphatic rings. The molecule has 1 aliphatic heterocycles. The number of aryl methyl sites for hydroxylation is 2. The summed E-state index contributed by atoms with van der Waals surface area (Å²) in [7, 11) is 1.72. The van der Waals surface area contributed by atoms with Crippen LogP contribution in [0.2, 0.25) is 0 Å². The lowest BCUT2D eigenvalue weighted by Gasteiger charge is -2.27. The van der Waals surface area contributed by atoms with Crippen LogP contribution in [0.5, 0.6) is 5.75 Å². The highest BCUT2D eigenvalue weighted by molar-refractivity contribution is 5.33. The van der Waals surface area contributed by atoms with Crippen molar-refractivity contribution in [3.05, 3.63) is 48.0 Å². The molecule has 0 amide bonds. The molecule has 0 saturated carbocycles. The Morgan fingerprint density at radius 3 is 2.95 bits per heavy atom. The van der Waals surface area contributed by atoms with Gasteiger partial charge in [-0.1, -0.05) is 18.2 Å². The van der Waals surface area contributed by atoms with Crippen molar-refractivity contribution in [3.8, 4) is 5.75 Å². The van der Waals surface area contributed by atoms with Gasteiger partial charge in [0.2, 0.25) is 0 Å². The molecule has 0 atom stereocenters. The number of nitrogens with one attached hydrogen (secondary N) is 1. The average Bonchev–Trinajstić information content (AvgIpc) is 2.83. The van der Waals surface area contributed by atoms with Gasteiger partial charge in [-0.2, -0.15) is 0 Å². The molecule has 0 bridgehead atoms. The van der Waals surface area contributed by atoms with Crippen LogP contribution in [0.1, 0.15) is 17.2 Å². The van der Waals surface area contributed by atoms with Crippen LogP contribution >= 0.6 is 0 Å². The van der Waals surface area contributed by atoms with Crippen molar-refractivity contribution in [1.82, 2.24) is 14.9 Å². The van der Waals surface area contributed by atoms with Crippen molar-refractivity contribution < 1.29 is 4.74 Å². The molecule has 100 valence electrons. The number of hydrogen-bond acceptors (Lipinski definition) is 3. The van der Waals surface area contributed by atoms with E-state index in [1.54, 1.807) is 7.11 Å². The molecule has 0 unspecified atom stereocenters. The lowest BCUT2D eigenvalue weighted by Crippen LogP contribution is -2.40. The fourth-order valence-corrected chi connectivity index (χ4v) is 2.51. The van der Waals surface area contributed by atoms with Gasteiger partial charge < -0.3 is 14.6 Å². The minimum Gasteiger partial charge on any atom is -0.496 e. The molecule has 4 nitrogen and oxygen atoms in total. The van der Waals surface area contributed by atoms with Crippen LogP contribution in [0.25, 0.3) is 0 Å². The predicted octanol–water partition coefficient (Wildman–Crippen LogP) is 1.82. The van der Waals surface area contributed by atoms with Crippen LogP contribution in [0.3, 0.4) is 0 Å². The summed E-state index contributed by atoms with van der Waals surface area (Å²) in [6, 6.07) is 8.20. The maximum atomic E-state index is 5.39. The third-order valence-electron chi connectivity index (χ3n) is 3.76. The summed E-state index contributed by atoms with van der Waals surface area (Å²) < 4.78 is 7.65. The van der Waals surface area contributed by atoms with E-state index in [-0.39, 0.29) is 0 Å². The first-order valence-corrected chi connectivity index (χ1v) is 6.71. The number of benzene rings is 1. The third kappa shape index (κ3) is 2.49. The van der Waals surface area contributed by atoms with Crippen molar-refractivity contribution >= 4 is 0 Å². The summed E-state index contributed by atoms with van der Waals surface area (Å²) in [6.07, 6.45) is 4.89. The van der Waals surface area contributed by atoms with E-state index in [9.17, 15) is 0 Å². The summed E-state index contributed by atoms with van der Waals surface area (Å²) in [5, 5.41) is 3.31. The lowest BCUT2D eigenvalue weighted by atomic mass is 10.00. The summed E-state index contributed by atoms with van der Waals surface area (Å²) in [6.45, 7) is 3.09. The first kappa shape index (κ1) is 12.2. The summed E-state index contributed by atoms with van der Waals surface area (Å²) in [5.41, 5.74) is 2.59. The Morgan fingerprint density at radius 1 is 1.37 bits per heavy atom. The molecule has 0 radical (unpaired) electrons. The van der Waals surface area contributed by atoms with Gasteiger partial charge in [-0.05, 0) is 18.1 Å². The highest BCUT2D eigenvalue weighted by atomic mass is 16.5. The van der Waals surface area contributed by atoms with Crippen LogP contribution in [-0.4, -0.2) is 29.8 Å². The highest BCUT2D eigenvalue weighted by Gasteiger charge is 2.22. The fourth-order valence-electron chi connectivity index (χ4n) is 2.51. The normalized spacial score (nSPS) is 15.2. The van der Waals surface area contributed by atoms with Gasteiger partial charge in [0.25, 0.3) is 0 Å². The van der Waals surface area contributed by atoms with E-state index >= 15 is 0 Å². The van der Waals surface area contributed by atoms with Gasteiger partial charge in [-0.15, -0.1) is 0 Å². The summed E-state index contributed by atoms with van der Waals surface area (Å²) in [5.74, 6) is 1.59. The van der Waals surface area contributed by atoms with Crippen molar-refractivity contribution in [2.75, 3.05) is 20.2 Å². The molecule has 0 aliphatic carbocycles. The van der Waals surface area contributed by atoms with Crippen LogP contribution in [-0.2, 0) is 13.0 Å². The molecular weight excluding hydrogens is 238 g/mol. The van der Waals surface area contributed by atoms with Crippen molar-refractivity contribution in [2.24, 2.45) is 0 Å². The van der Waals surface area contributed by atoms with E-state index in [1.807, 2.05) is 24.7 Å². The van der Waals surface area contributed by atoms with Gasteiger partial charge in [0.1, 0.15) is 5.75 Å². The average molecular weight is 257 g/mol. The largest absolute Gasteiger partial charge is 0.496 e. The summed E-state index contributed by atoms with van der Waals surface area (Å²) >= 11 is 0. The monoisotopic (exact) mass is 257 g/mol. The van der Waals surface area contributed by atoms with Crippen molar-refractivity contribution in [2.45, 2.75) is 18.9 Å². The number of imidazole rings is 1. The molecule has 0 spiro atoms. The number of nitrogens with zero attached hydrogens (tertiary/aromatic N) is 2. The van der Waals surface area contributed by atoms with Gasteiger partial charge >= 0.3 is 0 Å². The second-order valence-electron chi connectivity index (χ2n) is 4.93. The molecule has 2 aromatic rings. The number of methoxy groups -OCH3 is 1. The van der Waals surface area contributed by atoms with Crippen LogP contribution in [0.15, 0.2) is 36.8 Å². The van der Waals surface area contributed by atoms with Crippen LogP contribution in [0, 0.1) is 0 Å². The number of rotatable bonds is 5. The molecule has 19 heavy (non-hydrogen) atoms. The van der Waals surface area contributed by atoms with E-state index in [0.717, 1.165) is 31.8 Å². The van der Waals surface area contributed by atoms with Crippen molar-refractivity contribution in [3.63, 3.8) is 0 Å². The maximum absolute atomic E-state index is 5.39. The fraction of sp³-hybridized carbons (Fsp3) is 0.400. The SMILES string of the molecule is COc1ccccc1CCn1cncc1C1CNC1. The molecule has 1 N–H and O–H groups in total. The van der Waals surface area contributed by atoms with E-state index in [4.69, 9.17) is 4.74 Å². The molecular formula is C15H19N3O. The second kappa shape index (κ2) is 5.45. The van der Waals surface area contributed by atoms with E-state index in [1.165, 1.54) is 11.3 Å². The zero-order valence-electron chi connectivity index (χ0n) is 11.2. The van der Waals surface area contributed by atoms with Crippen LogP contribution < -0.4 is 10.1 Å². The first-order chi connectivity index (χ1) is 9.38. The number of ether oxygens (including phenoxy) is 1. The molecule has 1 saturated heterocycles. The van der Waals surface area contributed by atoms with Crippen molar-refractivity contribution in [1.29, 1.82) is 0 Å². The smallest absolute Gasteiger partial charge is 0.122 e. The maximum Gasteiger partial charge on any atom is 0.122 e. The summed E-state index contributed by atoms with van der Waals surface area (Å²) in [4.78, 5) is 4.28. The molecule has 2 heterocycles. The Kier molecular flexibility index (Phi) is 3.51. The number of aromatic nitrogens is 2. The van der Waals surface area contributed by atoms with Crippen LogP contribution in [0.4, 0.5) is 0 Å². The Bertz CT molecular complexity index is 546. The first-order valence-electron chi connectivity index (χ1n) is 6.71. The topological polar surface area (TPSA) is 39.1 Å². The molecule has 1 fully saturated rings. The molecule has 1 aromatic heterocycles. The van der Waals surface area contributed by atoms with E-state index in [0.29, 0.717) is 5.92 Å². The number of para-hydroxylation sites is 1. The molecule has 3 rings (SSSR count). The minimum absolute atomic E-state index is 0.625. The predicted molar refractivity (Wildman–Crippen MR) is 74.5 cm³/mol. The third-order valence-corrected chi connectivity index (χ3v) is 3.76. The van der Waals surface area contributed by atoms with Gasteiger partial charge in [-0.3, -0.25) is 0 Å². The molecule has 1 aromatic carbocycles. The van der Waals surface area contributed by atoms with Gasteiger partial charge in [0, 0.05) is 37.4 Å². The quantitative estimate of drug-likeness (QED) is 0.888. The van der Waals surface area contributed by atoms with E-state index in [2.05, 4.69) is 27.0 Å². The standard InChI is InChI=1S/C15H19N3O/c1-19-15-5-3-2-4-12(15)6-7-18-11-17-10-14(18)13-8-16-9-13/h2-5,10-11,13,16H,6-9H2,1H3. The Hall–Kier alpha value is -1.81. The van der Waals surface area contributed by atoms with Gasteiger partial charge in [0.05, 0.1) is 13.4 Å². The number of hydrogen-bond donors (Lipinski definition) is 1. The zero-order chi connectivity index (χ0) is 13.1. The molecule has 4 heteroatoms. The zero-order valence-corrected chi connectivity index (χ0v) is 11.2. The lowest BCUT2D eigenvalue weighted by molar-refractivity contribution is 0.405. The Morgan fingerprint density at radius 2 is 2.21 bits per heavy atom. The van der Waals surface area contributed by atoms with Gasteiger partial charge in [-0.25, -0.2) is 4.98 Å². The second-order valence-corrected chi connectivity index (χ2v) is 4.93. The van der Waals surface area contributed by atoms with Gasteiger partial charge in [0.15, 0.2) is 0 Å². The highest BCUT2D eigenvalue weighted by Crippen LogP contribution is 2.21. The Labute approximate surface area is 113 Å². The Balaban J connectivity index is 1.70.